The Morgan fingerprint density at radius 3 is 2.57 bits per heavy atom. The number of nitrogens with one attached hydrogen (secondary N) is 1. The molecule has 1 aromatic heterocycles. The fraction of sp³-hybridized carbons (Fsp3) is 0.333. The second-order valence-corrected chi connectivity index (χ2v) is 5.43. The van der Waals surface area contributed by atoms with Gasteiger partial charge in [-0.2, -0.15) is 0 Å². The normalized spacial score (nSPS) is 12.0. The van der Waals surface area contributed by atoms with Crippen LogP contribution in [0.2, 0.25) is 0 Å². The van der Waals surface area contributed by atoms with E-state index in [0.717, 1.165) is 11.3 Å². The van der Waals surface area contributed by atoms with Crippen molar-refractivity contribution < 1.29 is 9.53 Å². The molecular formula is C18H23N3O2. The summed E-state index contributed by atoms with van der Waals surface area (Å²) in [6.45, 7) is 3.14. The van der Waals surface area contributed by atoms with Crippen molar-refractivity contribution in [2.45, 2.75) is 13.0 Å². The van der Waals surface area contributed by atoms with E-state index in [-0.39, 0.29) is 11.9 Å². The summed E-state index contributed by atoms with van der Waals surface area (Å²) in [6.07, 6.45) is 3.22. The number of hydrogen-bond donors (Lipinski definition) is 1. The van der Waals surface area contributed by atoms with Gasteiger partial charge in [0.05, 0.1) is 18.2 Å². The lowest BCUT2D eigenvalue weighted by molar-refractivity contribution is 0.0941. The van der Waals surface area contributed by atoms with Crippen molar-refractivity contribution >= 4 is 5.91 Å². The molecule has 0 fully saturated rings. The van der Waals surface area contributed by atoms with E-state index in [2.05, 4.69) is 15.2 Å². The Morgan fingerprint density at radius 1 is 1.26 bits per heavy atom. The summed E-state index contributed by atoms with van der Waals surface area (Å²) in [5, 5.41) is 2.97. The smallest absolute Gasteiger partial charge is 0.252 e. The molecule has 2 aromatic rings. The van der Waals surface area contributed by atoms with Gasteiger partial charge in [-0.05, 0) is 50.8 Å². The van der Waals surface area contributed by atoms with Crippen molar-refractivity contribution in [2.24, 2.45) is 0 Å². The fourth-order valence-corrected chi connectivity index (χ4v) is 2.34. The third-order valence-corrected chi connectivity index (χ3v) is 3.58. The zero-order valence-corrected chi connectivity index (χ0v) is 13.8. The molecule has 1 amide bonds. The van der Waals surface area contributed by atoms with Crippen molar-refractivity contribution in [3.63, 3.8) is 0 Å². The number of nitrogens with zero attached hydrogens (tertiary/aromatic N) is 2. The van der Waals surface area contributed by atoms with Crippen molar-refractivity contribution in [2.75, 3.05) is 27.2 Å². The summed E-state index contributed by atoms with van der Waals surface area (Å²) in [6, 6.07) is 11.6. The van der Waals surface area contributed by atoms with Gasteiger partial charge in [0, 0.05) is 18.9 Å². The minimum atomic E-state index is -0.115. The van der Waals surface area contributed by atoms with E-state index in [0.29, 0.717) is 18.7 Å². The third-order valence-electron chi connectivity index (χ3n) is 3.58. The second-order valence-electron chi connectivity index (χ2n) is 5.43. The number of hydrogen-bond acceptors (Lipinski definition) is 4. The Hall–Kier alpha value is -2.40. The largest absolute Gasteiger partial charge is 0.494 e. The fourth-order valence-electron chi connectivity index (χ4n) is 2.34. The number of ether oxygens (including phenoxy) is 1. The third kappa shape index (κ3) is 4.79. The molecule has 1 atom stereocenters. The van der Waals surface area contributed by atoms with Crippen LogP contribution in [-0.4, -0.2) is 43.0 Å². The van der Waals surface area contributed by atoms with Crippen LogP contribution in [0.4, 0.5) is 0 Å². The van der Waals surface area contributed by atoms with Crippen LogP contribution < -0.4 is 10.1 Å². The average Bonchev–Trinajstić information content (AvgIpc) is 2.57. The van der Waals surface area contributed by atoms with Crippen molar-refractivity contribution in [3.05, 3.63) is 59.9 Å². The van der Waals surface area contributed by atoms with Crippen molar-refractivity contribution in [1.29, 1.82) is 0 Å². The van der Waals surface area contributed by atoms with Crippen LogP contribution in [0.25, 0.3) is 0 Å². The summed E-state index contributed by atoms with van der Waals surface area (Å²) in [5.41, 5.74) is 1.70. The number of likely N-dealkylation sites (N-methyl/N-ethyl adjacent to an activating group) is 1. The van der Waals surface area contributed by atoms with Crippen LogP contribution in [0.3, 0.4) is 0 Å². The lowest BCUT2D eigenvalue weighted by atomic mass is 10.1. The van der Waals surface area contributed by atoms with Gasteiger partial charge in [0.1, 0.15) is 5.75 Å². The summed E-state index contributed by atoms with van der Waals surface area (Å²) in [7, 11) is 3.99. The van der Waals surface area contributed by atoms with Crippen molar-refractivity contribution in [1.82, 2.24) is 15.2 Å². The Bertz CT molecular complexity index is 612. The minimum Gasteiger partial charge on any atom is -0.494 e. The maximum atomic E-state index is 12.2. The standard InChI is InChI=1S/C18H23N3O2/c1-4-23-16-9-7-14(8-10-16)17(21(2)3)13-20-18(22)15-6-5-11-19-12-15/h5-12,17H,4,13H2,1-3H3,(H,20,22). The molecule has 23 heavy (non-hydrogen) atoms. The van der Waals surface area contributed by atoms with Gasteiger partial charge in [0.15, 0.2) is 0 Å². The van der Waals surface area contributed by atoms with Crippen molar-refractivity contribution in [3.8, 4) is 5.75 Å². The molecule has 1 aromatic carbocycles. The van der Waals surface area contributed by atoms with E-state index < -0.39 is 0 Å². The van der Waals surface area contributed by atoms with E-state index in [1.807, 2.05) is 45.3 Å². The maximum Gasteiger partial charge on any atom is 0.252 e. The van der Waals surface area contributed by atoms with Crippen LogP contribution in [0.5, 0.6) is 5.75 Å². The molecule has 5 nitrogen and oxygen atoms in total. The number of aromatic nitrogens is 1. The molecule has 5 heteroatoms. The first-order chi connectivity index (χ1) is 11.1. The van der Waals surface area contributed by atoms with Gasteiger partial charge in [0.25, 0.3) is 5.91 Å². The second kappa shape index (κ2) is 8.29. The van der Waals surface area contributed by atoms with E-state index in [4.69, 9.17) is 4.74 Å². The molecule has 0 saturated heterocycles. The predicted octanol–water partition coefficient (Wildman–Crippen LogP) is 2.51. The van der Waals surface area contributed by atoms with Gasteiger partial charge in [-0.25, -0.2) is 0 Å². The summed E-state index contributed by atoms with van der Waals surface area (Å²) in [4.78, 5) is 18.2. The molecule has 1 heterocycles. The number of rotatable bonds is 7. The molecule has 0 radical (unpaired) electrons. The molecule has 0 aliphatic heterocycles. The highest BCUT2D eigenvalue weighted by Crippen LogP contribution is 2.21. The predicted molar refractivity (Wildman–Crippen MR) is 90.6 cm³/mol. The average molecular weight is 313 g/mol. The molecule has 0 aliphatic rings. The minimum absolute atomic E-state index is 0.0892. The summed E-state index contributed by atoms with van der Waals surface area (Å²) >= 11 is 0. The van der Waals surface area contributed by atoms with E-state index in [1.165, 1.54) is 0 Å². The van der Waals surface area contributed by atoms with Gasteiger partial charge in [-0.1, -0.05) is 12.1 Å². The van der Waals surface area contributed by atoms with Gasteiger partial charge in [0.2, 0.25) is 0 Å². The number of benzene rings is 1. The Morgan fingerprint density at radius 2 is 2.00 bits per heavy atom. The highest BCUT2D eigenvalue weighted by Gasteiger charge is 2.16. The quantitative estimate of drug-likeness (QED) is 0.853. The molecule has 1 unspecified atom stereocenters. The number of carbonyl (C=O) groups is 1. The highest BCUT2D eigenvalue weighted by molar-refractivity contribution is 5.93. The van der Waals surface area contributed by atoms with Gasteiger partial charge in [-0.15, -0.1) is 0 Å². The molecular weight excluding hydrogens is 290 g/mol. The summed E-state index contributed by atoms with van der Waals surface area (Å²) < 4.78 is 5.47. The Kier molecular flexibility index (Phi) is 6.11. The SMILES string of the molecule is CCOc1ccc(C(CNC(=O)c2cccnc2)N(C)C)cc1. The molecule has 0 saturated carbocycles. The number of carbonyl (C=O) groups excluding carboxylic acids is 1. The molecule has 2 rings (SSSR count). The molecule has 0 bridgehead atoms. The first-order valence-corrected chi connectivity index (χ1v) is 7.69. The molecule has 0 spiro atoms. The van der Waals surface area contributed by atoms with Crippen LogP contribution in [0.15, 0.2) is 48.8 Å². The molecule has 0 aliphatic carbocycles. The van der Waals surface area contributed by atoms with Crippen LogP contribution in [0.1, 0.15) is 28.9 Å². The lowest BCUT2D eigenvalue weighted by Gasteiger charge is -2.25. The van der Waals surface area contributed by atoms with Gasteiger partial charge in [-0.3, -0.25) is 9.78 Å². The first-order valence-electron chi connectivity index (χ1n) is 7.69. The topological polar surface area (TPSA) is 54.5 Å². The van der Waals surface area contributed by atoms with Crippen LogP contribution >= 0.6 is 0 Å². The highest BCUT2D eigenvalue weighted by atomic mass is 16.5. The number of pyridine rings is 1. The Labute approximate surface area is 137 Å². The van der Waals surface area contributed by atoms with Gasteiger partial charge < -0.3 is 15.0 Å². The van der Waals surface area contributed by atoms with Gasteiger partial charge >= 0.3 is 0 Å². The lowest BCUT2D eigenvalue weighted by Crippen LogP contribution is -2.34. The number of amides is 1. The zero-order chi connectivity index (χ0) is 16.7. The first kappa shape index (κ1) is 17.0. The monoisotopic (exact) mass is 313 g/mol. The van der Waals surface area contributed by atoms with Crippen LogP contribution in [-0.2, 0) is 0 Å². The van der Waals surface area contributed by atoms with E-state index >= 15 is 0 Å². The van der Waals surface area contributed by atoms with Crippen LogP contribution in [0, 0.1) is 0 Å². The van der Waals surface area contributed by atoms with E-state index in [1.54, 1.807) is 24.5 Å². The summed E-state index contributed by atoms with van der Waals surface area (Å²) in [5.74, 6) is 0.740. The Balaban J connectivity index is 2.02. The van der Waals surface area contributed by atoms with E-state index in [9.17, 15) is 4.79 Å². The maximum absolute atomic E-state index is 12.2. The molecule has 1 N–H and O–H groups in total. The zero-order valence-electron chi connectivity index (χ0n) is 13.8. The molecule has 122 valence electrons.